The van der Waals surface area contributed by atoms with Crippen molar-refractivity contribution < 1.29 is 0 Å². The van der Waals surface area contributed by atoms with Gasteiger partial charge in [0.15, 0.2) is 0 Å². The average molecular weight is 394 g/mol. The van der Waals surface area contributed by atoms with Gasteiger partial charge in [0.05, 0.1) is 6.07 Å². The van der Waals surface area contributed by atoms with Crippen LogP contribution in [-0.2, 0) is 0 Å². The van der Waals surface area contributed by atoms with Crippen molar-refractivity contribution in [2.45, 2.75) is 121 Å². The second-order valence-corrected chi connectivity index (χ2v) is 10.0. The quantitative estimate of drug-likeness (QED) is 0.364. The van der Waals surface area contributed by atoms with Crippen LogP contribution in [0.4, 0.5) is 0 Å². The summed E-state index contributed by atoms with van der Waals surface area (Å²) in [6, 6.07) is 12.1. The van der Waals surface area contributed by atoms with E-state index in [4.69, 9.17) is 5.26 Å². The summed E-state index contributed by atoms with van der Waals surface area (Å²) in [5, 5.41) is 8.63. The third-order valence-electron chi connectivity index (χ3n) is 7.94. The van der Waals surface area contributed by atoms with Gasteiger partial charge in [-0.2, -0.15) is 5.26 Å². The number of hydrogen-bond acceptors (Lipinski definition) is 1. The van der Waals surface area contributed by atoms with Crippen LogP contribution in [0.25, 0.3) is 0 Å². The van der Waals surface area contributed by atoms with E-state index < -0.39 is 0 Å². The minimum Gasteiger partial charge on any atom is -0.198 e. The predicted octanol–water partition coefficient (Wildman–Crippen LogP) is 8.90. The molecule has 0 spiro atoms. The summed E-state index contributed by atoms with van der Waals surface area (Å²) in [5.74, 6) is 3.56. The monoisotopic (exact) mass is 393 g/mol. The molecule has 0 amide bonds. The zero-order valence-corrected chi connectivity index (χ0v) is 18.9. The van der Waals surface area contributed by atoms with Crippen LogP contribution in [0, 0.1) is 23.2 Å². The number of unbranched alkanes of at least 4 members (excludes halogenated alkanes) is 4. The SMILES string of the molecule is CCCCC1CCC(c2ccc(C3CCC(CCCCCC#N)CC3)cc2)CC1. The van der Waals surface area contributed by atoms with E-state index in [-0.39, 0.29) is 0 Å². The molecule has 2 aliphatic carbocycles. The van der Waals surface area contributed by atoms with E-state index in [1.807, 2.05) is 0 Å². The first-order valence-electron chi connectivity index (χ1n) is 12.8. The molecule has 3 rings (SSSR count). The molecule has 0 aliphatic heterocycles. The number of nitriles is 1. The van der Waals surface area contributed by atoms with Gasteiger partial charge < -0.3 is 0 Å². The van der Waals surface area contributed by atoms with Crippen molar-refractivity contribution in [2.24, 2.45) is 11.8 Å². The van der Waals surface area contributed by atoms with Crippen LogP contribution in [-0.4, -0.2) is 0 Å². The van der Waals surface area contributed by atoms with E-state index in [1.165, 1.54) is 89.9 Å². The molecule has 2 saturated carbocycles. The van der Waals surface area contributed by atoms with E-state index >= 15 is 0 Å². The van der Waals surface area contributed by atoms with Gasteiger partial charge in [-0.25, -0.2) is 0 Å². The Bertz CT molecular complexity index is 594. The van der Waals surface area contributed by atoms with Crippen LogP contribution in [0.5, 0.6) is 0 Å². The molecule has 2 fully saturated rings. The van der Waals surface area contributed by atoms with Crippen molar-refractivity contribution in [1.29, 1.82) is 5.26 Å². The van der Waals surface area contributed by atoms with Gasteiger partial charge >= 0.3 is 0 Å². The second kappa shape index (κ2) is 12.4. The highest BCUT2D eigenvalue weighted by Gasteiger charge is 2.24. The van der Waals surface area contributed by atoms with Crippen molar-refractivity contribution >= 4 is 0 Å². The smallest absolute Gasteiger partial charge is 0.0621 e. The topological polar surface area (TPSA) is 23.8 Å². The maximum atomic E-state index is 8.63. The number of rotatable bonds is 10. The Hall–Kier alpha value is -1.29. The fourth-order valence-electron chi connectivity index (χ4n) is 5.92. The first-order chi connectivity index (χ1) is 14.3. The third-order valence-corrected chi connectivity index (χ3v) is 7.94. The molecular weight excluding hydrogens is 350 g/mol. The molecule has 0 unspecified atom stereocenters. The molecule has 160 valence electrons. The summed E-state index contributed by atoms with van der Waals surface area (Å²) < 4.78 is 0. The summed E-state index contributed by atoms with van der Waals surface area (Å²) in [6.45, 7) is 2.32. The molecular formula is C28H43N. The van der Waals surface area contributed by atoms with Crippen LogP contribution in [0.2, 0.25) is 0 Å². The second-order valence-electron chi connectivity index (χ2n) is 10.0. The zero-order chi connectivity index (χ0) is 20.3. The van der Waals surface area contributed by atoms with Crippen LogP contribution in [0.3, 0.4) is 0 Å². The summed E-state index contributed by atoms with van der Waals surface area (Å²) in [5.41, 5.74) is 3.20. The van der Waals surface area contributed by atoms with Crippen molar-refractivity contribution in [3.8, 4) is 6.07 Å². The Labute approximate surface area is 180 Å². The van der Waals surface area contributed by atoms with Crippen LogP contribution >= 0.6 is 0 Å². The molecule has 0 bridgehead atoms. The van der Waals surface area contributed by atoms with Gasteiger partial charge in [0.25, 0.3) is 0 Å². The Kier molecular flexibility index (Phi) is 9.59. The van der Waals surface area contributed by atoms with Crippen LogP contribution in [0.1, 0.15) is 133 Å². The van der Waals surface area contributed by atoms with E-state index in [9.17, 15) is 0 Å². The lowest BCUT2D eigenvalue weighted by molar-refractivity contribution is 0.301. The largest absolute Gasteiger partial charge is 0.198 e. The molecule has 0 saturated heterocycles. The van der Waals surface area contributed by atoms with Gasteiger partial charge in [-0.1, -0.05) is 69.7 Å². The summed E-state index contributed by atoms with van der Waals surface area (Å²) in [7, 11) is 0. The van der Waals surface area contributed by atoms with Crippen molar-refractivity contribution in [3.63, 3.8) is 0 Å². The molecule has 29 heavy (non-hydrogen) atoms. The minimum atomic E-state index is 0.739. The average Bonchev–Trinajstić information content (AvgIpc) is 2.78. The van der Waals surface area contributed by atoms with Crippen molar-refractivity contribution in [1.82, 2.24) is 0 Å². The van der Waals surface area contributed by atoms with Gasteiger partial charge in [-0.15, -0.1) is 0 Å². The Balaban J connectivity index is 1.38. The zero-order valence-electron chi connectivity index (χ0n) is 18.9. The maximum Gasteiger partial charge on any atom is 0.0621 e. The van der Waals surface area contributed by atoms with Crippen molar-refractivity contribution in [2.75, 3.05) is 0 Å². The van der Waals surface area contributed by atoms with E-state index in [2.05, 4.69) is 37.3 Å². The lowest BCUT2D eigenvalue weighted by Gasteiger charge is -2.30. The third kappa shape index (κ3) is 7.16. The summed E-state index contributed by atoms with van der Waals surface area (Å²) >= 11 is 0. The molecule has 0 heterocycles. The molecule has 1 heteroatoms. The summed E-state index contributed by atoms with van der Waals surface area (Å²) in [4.78, 5) is 0. The normalized spacial score (nSPS) is 27.4. The Morgan fingerprint density at radius 3 is 1.62 bits per heavy atom. The number of nitrogens with zero attached hydrogens (tertiary/aromatic N) is 1. The summed E-state index contributed by atoms with van der Waals surface area (Å²) in [6.07, 6.45) is 21.3. The highest BCUT2D eigenvalue weighted by Crippen LogP contribution is 2.40. The Morgan fingerprint density at radius 2 is 1.17 bits per heavy atom. The van der Waals surface area contributed by atoms with E-state index in [0.717, 1.165) is 36.5 Å². The fraction of sp³-hybridized carbons (Fsp3) is 0.750. The van der Waals surface area contributed by atoms with Crippen LogP contribution in [0.15, 0.2) is 24.3 Å². The first-order valence-corrected chi connectivity index (χ1v) is 12.8. The predicted molar refractivity (Wildman–Crippen MR) is 124 cm³/mol. The molecule has 1 aromatic rings. The van der Waals surface area contributed by atoms with Crippen molar-refractivity contribution in [3.05, 3.63) is 35.4 Å². The highest BCUT2D eigenvalue weighted by atomic mass is 14.3. The first kappa shape index (κ1) is 22.4. The standard InChI is InChI=1S/C28H43N/c1-2-3-8-23-10-14-25(15-11-23)27-18-20-28(21-19-27)26-16-12-24(13-17-26)9-6-4-5-7-22-29/h18-21,23-26H,2-17H2,1H3. The molecule has 1 nitrogen and oxygen atoms in total. The van der Waals surface area contributed by atoms with E-state index in [0.29, 0.717) is 0 Å². The lowest BCUT2D eigenvalue weighted by atomic mass is 9.75. The molecule has 0 radical (unpaired) electrons. The van der Waals surface area contributed by atoms with Gasteiger partial charge in [0.1, 0.15) is 0 Å². The molecule has 0 aromatic heterocycles. The molecule has 1 aromatic carbocycles. The Morgan fingerprint density at radius 1 is 0.690 bits per heavy atom. The maximum absolute atomic E-state index is 8.63. The molecule has 0 N–H and O–H groups in total. The highest BCUT2D eigenvalue weighted by molar-refractivity contribution is 5.28. The lowest BCUT2D eigenvalue weighted by Crippen LogP contribution is -2.14. The minimum absolute atomic E-state index is 0.739. The molecule has 2 aliphatic rings. The number of hydrogen-bond donors (Lipinski definition) is 0. The van der Waals surface area contributed by atoms with Gasteiger partial charge in [0.2, 0.25) is 0 Å². The van der Waals surface area contributed by atoms with E-state index in [1.54, 1.807) is 11.1 Å². The number of benzene rings is 1. The van der Waals surface area contributed by atoms with Crippen LogP contribution < -0.4 is 0 Å². The molecule has 0 atom stereocenters. The van der Waals surface area contributed by atoms with Gasteiger partial charge in [-0.3, -0.25) is 0 Å². The van der Waals surface area contributed by atoms with Gasteiger partial charge in [0, 0.05) is 6.42 Å². The van der Waals surface area contributed by atoms with Gasteiger partial charge in [-0.05, 0) is 92.6 Å². The fourth-order valence-corrected chi connectivity index (χ4v) is 5.92.